The summed E-state index contributed by atoms with van der Waals surface area (Å²) >= 11 is 0. The van der Waals surface area contributed by atoms with Gasteiger partial charge >= 0.3 is 0 Å². The first-order chi connectivity index (χ1) is 7.83. The van der Waals surface area contributed by atoms with E-state index in [0.717, 1.165) is 32.6 Å². The van der Waals surface area contributed by atoms with Crippen LogP contribution in [-0.2, 0) is 14.3 Å². The van der Waals surface area contributed by atoms with Crippen molar-refractivity contribution in [2.75, 3.05) is 46.6 Å². The minimum Gasteiger partial charge on any atom is -0.383 e. The van der Waals surface area contributed by atoms with Gasteiger partial charge in [0, 0.05) is 26.9 Å². The van der Waals surface area contributed by atoms with Crippen LogP contribution in [0.15, 0.2) is 0 Å². The molecule has 1 heterocycles. The quantitative estimate of drug-likeness (QED) is 0.565. The van der Waals surface area contributed by atoms with Gasteiger partial charge in [0.15, 0.2) is 0 Å². The lowest BCUT2D eigenvalue weighted by molar-refractivity contribution is -0.120. The molecule has 94 valence electrons. The minimum atomic E-state index is 0.0275. The van der Waals surface area contributed by atoms with Gasteiger partial charge in [0.1, 0.15) is 0 Å². The number of nitrogens with one attached hydrogen (secondary N) is 2. The Bertz CT molecular complexity index is 194. The molecule has 1 amide bonds. The van der Waals surface area contributed by atoms with Crippen molar-refractivity contribution in [2.24, 2.45) is 5.92 Å². The summed E-state index contributed by atoms with van der Waals surface area (Å²) in [6.07, 6.45) is 2.24. The Hall–Kier alpha value is -0.650. The molecule has 0 radical (unpaired) electrons. The summed E-state index contributed by atoms with van der Waals surface area (Å²) in [5, 5.41) is 5.89. The van der Waals surface area contributed by atoms with E-state index in [4.69, 9.17) is 9.47 Å². The SMILES string of the molecule is COCCNC(=O)CNCCC1CCOC1. The van der Waals surface area contributed by atoms with Gasteiger partial charge in [-0.15, -0.1) is 0 Å². The fraction of sp³-hybridized carbons (Fsp3) is 0.909. The van der Waals surface area contributed by atoms with Crippen LogP contribution in [0.4, 0.5) is 0 Å². The minimum absolute atomic E-state index is 0.0275. The Morgan fingerprint density at radius 3 is 3.06 bits per heavy atom. The second-order valence-corrected chi connectivity index (χ2v) is 4.04. The van der Waals surface area contributed by atoms with Crippen LogP contribution in [0.5, 0.6) is 0 Å². The molecule has 1 rings (SSSR count). The number of hydrogen-bond acceptors (Lipinski definition) is 4. The van der Waals surface area contributed by atoms with Crippen molar-refractivity contribution in [1.29, 1.82) is 0 Å². The molecule has 1 fully saturated rings. The van der Waals surface area contributed by atoms with Crippen molar-refractivity contribution < 1.29 is 14.3 Å². The normalized spacial score (nSPS) is 19.9. The Balaban J connectivity index is 1.87. The van der Waals surface area contributed by atoms with E-state index in [9.17, 15) is 4.79 Å². The van der Waals surface area contributed by atoms with Crippen LogP contribution in [0.25, 0.3) is 0 Å². The molecular weight excluding hydrogens is 208 g/mol. The van der Waals surface area contributed by atoms with Gasteiger partial charge in [-0.3, -0.25) is 4.79 Å². The van der Waals surface area contributed by atoms with E-state index in [-0.39, 0.29) is 5.91 Å². The summed E-state index contributed by atoms with van der Waals surface area (Å²) in [5.41, 5.74) is 0. The molecule has 0 aromatic heterocycles. The zero-order chi connectivity index (χ0) is 11.6. The molecule has 1 atom stereocenters. The predicted octanol–water partition coefficient (Wildman–Crippen LogP) is -0.235. The van der Waals surface area contributed by atoms with Gasteiger partial charge < -0.3 is 20.1 Å². The first-order valence-electron chi connectivity index (χ1n) is 5.87. The molecular formula is C11H22N2O3. The summed E-state index contributed by atoms with van der Waals surface area (Å²) in [6.45, 7) is 4.17. The summed E-state index contributed by atoms with van der Waals surface area (Å²) in [6, 6.07) is 0. The molecule has 5 nitrogen and oxygen atoms in total. The van der Waals surface area contributed by atoms with E-state index < -0.39 is 0 Å². The summed E-state index contributed by atoms with van der Waals surface area (Å²) in [5.74, 6) is 0.698. The largest absolute Gasteiger partial charge is 0.383 e. The fourth-order valence-electron chi connectivity index (χ4n) is 1.67. The molecule has 0 bridgehead atoms. The van der Waals surface area contributed by atoms with Gasteiger partial charge in [0.05, 0.1) is 13.2 Å². The zero-order valence-corrected chi connectivity index (χ0v) is 9.96. The van der Waals surface area contributed by atoms with Gasteiger partial charge in [0.2, 0.25) is 5.91 Å². The van der Waals surface area contributed by atoms with Crippen LogP contribution in [0, 0.1) is 5.92 Å². The lowest BCUT2D eigenvalue weighted by Gasteiger charge is -2.08. The molecule has 1 aliphatic rings. The van der Waals surface area contributed by atoms with Crippen LogP contribution >= 0.6 is 0 Å². The first kappa shape index (κ1) is 13.4. The molecule has 1 unspecified atom stereocenters. The van der Waals surface area contributed by atoms with Crippen LogP contribution in [0.2, 0.25) is 0 Å². The molecule has 5 heteroatoms. The number of methoxy groups -OCH3 is 1. The van der Waals surface area contributed by atoms with E-state index in [1.165, 1.54) is 0 Å². The van der Waals surface area contributed by atoms with E-state index in [1.807, 2.05) is 0 Å². The third-order valence-corrected chi connectivity index (χ3v) is 2.67. The van der Waals surface area contributed by atoms with E-state index in [0.29, 0.717) is 25.6 Å². The Labute approximate surface area is 96.9 Å². The second kappa shape index (κ2) is 8.50. The fourth-order valence-corrected chi connectivity index (χ4v) is 1.67. The molecule has 16 heavy (non-hydrogen) atoms. The third kappa shape index (κ3) is 6.05. The van der Waals surface area contributed by atoms with Crippen LogP contribution < -0.4 is 10.6 Å². The topological polar surface area (TPSA) is 59.6 Å². The maximum absolute atomic E-state index is 11.3. The average Bonchev–Trinajstić information content (AvgIpc) is 2.78. The molecule has 0 aliphatic carbocycles. The van der Waals surface area contributed by atoms with Crippen LogP contribution in [0.1, 0.15) is 12.8 Å². The molecule has 1 saturated heterocycles. The summed E-state index contributed by atoms with van der Waals surface area (Å²) in [7, 11) is 1.62. The van der Waals surface area contributed by atoms with Gasteiger partial charge in [0.25, 0.3) is 0 Å². The summed E-state index contributed by atoms with van der Waals surface area (Å²) < 4.78 is 10.1. The van der Waals surface area contributed by atoms with Gasteiger partial charge in [-0.05, 0) is 25.3 Å². The predicted molar refractivity (Wildman–Crippen MR) is 61.3 cm³/mol. The van der Waals surface area contributed by atoms with E-state index >= 15 is 0 Å². The van der Waals surface area contributed by atoms with Crippen molar-refractivity contribution in [3.05, 3.63) is 0 Å². The average molecular weight is 230 g/mol. The smallest absolute Gasteiger partial charge is 0.234 e. The number of rotatable bonds is 8. The monoisotopic (exact) mass is 230 g/mol. The van der Waals surface area contributed by atoms with Crippen LogP contribution in [0.3, 0.4) is 0 Å². The van der Waals surface area contributed by atoms with Crippen molar-refractivity contribution in [2.45, 2.75) is 12.8 Å². The lowest BCUT2D eigenvalue weighted by Crippen LogP contribution is -2.36. The standard InChI is InChI=1S/C11H22N2O3/c1-15-7-5-13-11(14)8-12-4-2-10-3-6-16-9-10/h10,12H,2-9H2,1H3,(H,13,14). The van der Waals surface area contributed by atoms with Crippen molar-refractivity contribution in [3.8, 4) is 0 Å². The Morgan fingerprint density at radius 1 is 1.50 bits per heavy atom. The molecule has 0 aromatic carbocycles. The zero-order valence-electron chi connectivity index (χ0n) is 9.96. The van der Waals surface area contributed by atoms with Crippen molar-refractivity contribution in [3.63, 3.8) is 0 Å². The number of carbonyl (C=O) groups is 1. The maximum Gasteiger partial charge on any atom is 0.234 e. The van der Waals surface area contributed by atoms with E-state index in [2.05, 4.69) is 10.6 Å². The number of ether oxygens (including phenoxy) is 2. The maximum atomic E-state index is 11.3. The third-order valence-electron chi connectivity index (χ3n) is 2.67. The summed E-state index contributed by atoms with van der Waals surface area (Å²) in [4.78, 5) is 11.3. The number of carbonyl (C=O) groups excluding carboxylic acids is 1. The highest BCUT2D eigenvalue weighted by atomic mass is 16.5. The molecule has 0 saturated carbocycles. The van der Waals surface area contributed by atoms with E-state index in [1.54, 1.807) is 7.11 Å². The number of amides is 1. The van der Waals surface area contributed by atoms with Crippen molar-refractivity contribution in [1.82, 2.24) is 10.6 Å². The molecule has 0 aromatic rings. The highest BCUT2D eigenvalue weighted by Gasteiger charge is 2.14. The van der Waals surface area contributed by atoms with Gasteiger partial charge in [-0.2, -0.15) is 0 Å². The Morgan fingerprint density at radius 2 is 2.38 bits per heavy atom. The number of hydrogen-bond donors (Lipinski definition) is 2. The highest BCUT2D eigenvalue weighted by molar-refractivity contribution is 5.77. The molecule has 1 aliphatic heterocycles. The lowest BCUT2D eigenvalue weighted by atomic mass is 10.1. The van der Waals surface area contributed by atoms with Gasteiger partial charge in [-0.25, -0.2) is 0 Å². The highest BCUT2D eigenvalue weighted by Crippen LogP contribution is 2.14. The van der Waals surface area contributed by atoms with Gasteiger partial charge in [-0.1, -0.05) is 0 Å². The molecule has 2 N–H and O–H groups in total. The van der Waals surface area contributed by atoms with Crippen LogP contribution in [-0.4, -0.2) is 52.5 Å². The first-order valence-corrected chi connectivity index (χ1v) is 5.87. The second-order valence-electron chi connectivity index (χ2n) is 4.04. The molecule has 0 spiro atoms. The Kier molecular flexibility index (Phi) is 7.12. The van der Waals surface area contributed by atoms with Crippen molar-refractivity contribution >= 4 is 5.91 Å².